The molecular weight excluding hydrogens is 292 g/mol. The predicted molar refractivity (Wildman–Crippen MR) is 79.8 cm³/mol. The average molecular weight is 315 g/mol. The quantitative estimate of drug-likeness (QED) is 0.847. The Morgan fingerprint density at radius 1 is 1.33 bits per heavy atom. The van der Waals surface area contributed by atoms with Crippen LogP contribution in [0.5, 0.6) is 5.75 Å². The Labute approximate surface area is 118 Å². The molecule has 0 saturated heterocycles. The molecule has 18 heavy (non-hydrogen) atoms. The van der Waals surface area contributed by atoms with Crippen molar-refractivity contribution in [2.24, 2.45) is 5.41 Å². The summed E-state index contributed by atoms with van der Waals surface area (Å²) < 4.78 is 0.745. The molecule has 0 aliphatic rings. The lowest BCUT2D eigenvalue weighted by atomic mass is 9.93. The first-order valence-electron chi connectivity index (χ1n) is 6.13. The molecular formula is C14H23BrN2O. The van der Waals surface area contributed by atoms with Crippen LogP contribution in [-0.2, 0) is 6.54 Å². The van der Waals surface area contributed by atoms with E-state index < -0.39 is 0 Å². The van der Waals surface area contributed by atoms with E-state index in [0.29, 0.717) is 0 Å². The van der Waals surface area contributed by atoms with E-state index >= 15 is 0 Å². The second-order valence-electron chi connectivity index (χ2n) is 5.79. The van der Waals surface area contributed by atoms with E-state index in [-0.39, 0.29) is 11.2 Å². The fourth-order valence-electron chi connectivity index (χ4n) is 2.12. The highest BCUT2D eigenvalue weighted by Gasteiger charge is 2.18. The van der Waals surface area contributed by atoms with Crippen molar-refractivity contribution < 1.29 is 5.11 Å². The number of phenolic OH excluding ortho intramolecular Hbond substituents is 1. The number of halogens is 1. The number of phenols is 1. The van der Waals surface area contributed by atoms with Crippen LogP contribution in [0.15, 0.2) is 22.7 Å². The van der Waals surface area contributed by atoms with Gasteiger partial charge in [-0.1, -0.05) is 19.9 Å². The summed E-state index contributed by atoms with van der Waals surface area (Å²) in [4.78, 5) is 2.21. The van der Waals surface area contributed by atoms with Gasteiger partial charge < -0.3 is 15.3 Å². The summed E-state index contributed by atoms with van der Waals surface area (Å²) in [6.45, 7) is 7.35. The number of nitrogens with one attached hydrogen (secondary N) is 1. The second-order valence-corrected chi connectivity index (χ2v) is 6.65. The topological polar surface area (TPSA) is 35.5 Å². The minimum absolute atomic E-state index is 0.248. The van der Waals surface area contributed by atoms with Crippen LogP contribution in [0.2, 0.25) is 0 Å². The highest BCUT2D eigenvalue weighted by molar-refractivity contribution is 9.10. The van der Waals surface area contributed by atoms with Crippen LogP contribution < -0.4 is 5.32 Å². The van der Waals surface area contributed by atoms with Gasteiger partial charge in [-0.05, 0) is 53.1 Å². The van der Waals surface area contributed by atoms with E-state index in [1.54, 1.807) is 6.07 Å². The molecule has 1 rings (SSSR count). The van der Waals surface area contributed by atoms with Gasteiger partial charge in [0, 0.05) is 19.6 Å². The Kier molecular flexibility index (Phi) is 5.63. The molecule has 1 aromatic rings. The van der Waals surface area contributed by atoms with Crippen molar-refractivity contribution >= 4 is 15.9 Å². The zero-order valence-corrected chi connectivity index (χ0v) is 13.2. The molecule has 0 fully saturated rings. The van der Waals surface area contributed by atoms with Crippen molar-refractivity contribution in [1.82, 2.24) is 10.2 Å². The van der Waals surface area contributed by atoms with Gasteiger partial charge in [0.2, 0.25) is 0 Å². The zero-order chi connectivity index (χ0) is 13.8. The molecule has 4 heteroatoms. The first-order chi connectivity index (χ1) is 8.30. The Morgan fingerprint density at radius 3 is 2.56 bits per heavy atom. The molecule has 0 aliphatic carbocycles. The van der Waals surface area contributed by atoms with Crippen LogP contribution in [0.25, 0.3) is 0 Å². The molecule has 0 amide bonds. The van der Waals surface area contributed by atoms with Crippen LogP contribution in [0.1, 0.15) is 19.4 Å². The highest BCUT2D eigenvalue weighted by Crippen LogP contribution is 2.24. The lowest BCUT2D eigenvalue weighted by molar-refractivity contribution is 0.232. The number of hydrogen-bond acceptors (Lipinski definition) is 3. The number of aromatic hydroxyl groups is 1. The predicted octanol–water partition coefficient (Wildman–Crippen LogP) is 2.83. The molecule has 0 atom stereocenters. The normalized spacial score (nSPS) is 12.1. The van der Waals surface area contributed by atoms with Gasteiger partial charge in [0.25, 0.3) is 0 Å². The van der Waals surface area contributed by atoms with Crippen LogP contribution in [-0.4, -0.2) is 37.2 Å². The van der Waals surface area contributed by atoms with Crippen LogP contribution >= 0.6 is 15.9 Å². The van der Waals surface area contributed by atoms with Crippen LogP contribution in [0.3, 0.4) is 0 Å². The van der Waals surface area contributed by atoms with Gasteiger partial charge in [0.15, 0.2) is 0 Å². The van der Waals surface area contributed by atoms with Crippen molar-refractivity contribution in [3.8, 4) is 5.75 Å². The third-order valence-corrected chi connectivity index (χ3v) is 3.32. The van der Waals surface area contributed by atoms with E-state index in [1.165, 1.54) is 5.56 Å². The SMILES string of the molecule is CN(C)CC(C)(C)CNCc1ccc(O)c(Br)c1. The van der Waals surface area contributed by atoms with Crippen LogP contribution in [0, 0.1) is 5.41 Å². The largest absolute Gasteiger partial charge is 0.507 e. The molecule has 0 heterocycles. The number of hydrogen-bond donors (Lipinski definition) is 2. The molecule has 0 unspecified atom stereocenters. The van der Waals surface area contributed by atoms with Gasteiger partial charge >= 0.3 is 0 Å². The number of benzene rings is 1. The second kappa shape index (κ2) is 6.55. The minimum Gasteiger partial charge on any atom is -0.507 e. The molecule has 0 aliphatic heterocycles. The number of rotatable bonds is 6. The van der Waals surface area contributed by atoms with Gasteiger partial charge in [-0.2, -0.15) is 0 Å². The molecule has 0 bridgehead atoms. The highest BCUT2D eigenvalue weighted by atomic mass is 79.9. The standard InChI is InChI=1S/C14H23BrN2O/c1-14(2,10-17(3)4)9-16-8-11-5-6-13(18)12(15)7-11/h5-7,16,18H,8-10H2,1-4H3. The summed E-state index contributed by atoms with van der Waals surface area (Å²) >= 11 is 3.33. The Balaban J connectivity index is 2.43. The summed E-state index contributed by atoms with van der Waals surface area (Å²) in [6.07, 6.45) is 0. The lowest BCUT2D eigenvalue weighted by Crippen LogP contribution is -2.37. The van der Waals surface area contributed by atoms with E-state index in [9.17, 15) is 5.11 Å². The molecule has 3 nitrogen and oxygen atoms in total. The van der Waals surface area contributed by atoms with E-state index in [4.69, 9.17) is 0 Å². The van der Waals surface area contributed by atoms with Gasteiger partial charge in [0.05, 0.1) is 4.47 Å². The lowest BCUT2D eigenvalue weighted by Gasteiger charge is -2.28. The molecule has 0 aromatic heterocycles. The van der Waals surface area contributed by atoms with E-state index in [1.807, 2.05) is 12.1 Å². The van der Waals surface area contributed by atoms with Crippen molar-refractivity contribution in [3.63, 3.8) is 0 Å². The third-order valence-electron chi connectivity index (χ3n) is 2.69. The third kappa shape index (κ3) is 5.38. The number of nitrogens with zero attached hydrogens (tertiary/aromatic N) is 1. The molecule has 0 radical (unpaired) electrons. The summed E-state index contributed by atoms with van der Waals surface area (Å²) in [5.41, 5.74) is 1.41. The first-order valence-corrected chi connectivity index (χ1v) is 6.92. The maximum atomic E-state index is 9.42. The maximum Gasteiger partial charge on any atom is 0.129 e. The van der Waals surface area contributed by atoms with E-state index in [2.05, 4.69) is 54.1 Å². The first kappa shape index (κ1) is 15.5. The van der Waals surface area contributed by atoms with Crippen molar-refractivity contribution in [3.05, 3.63) is 28.2 Å². The fourth-order valence-corrected chi connectivity index (χ4v) is 2.54. The molecule has 1 aromatic carbocycles. The average Bonchev–Trinajstić information content (AvgIpc) is 2.21. The summed E-state index contributed by atoms with van der Waals surface area (Å²) in [7, 11) is 4.19. The molecule has 102 valence electrons. The van der Waals surface area contributed by atoms with Crippen molar-refractivity contribution in [2.45, 2.75) is 20.4 Å². The van der Waals surface area contributed by atoms with Gasteiger partial charge in [0.1, 0.15) is 5.75 Å². The van der Waals surface area contributed by atoms with Gasteiger partial charge in [-0.3, -0.25) is 0 Å². The zero-order valence-electron chi connectivity index (χ0n) is 11.6. The molecule has 0 spiro atoms. The summed E-state index contributed by atoms with van der Waals surface area (Å²) in [5, 5.41) is 12.9. The monoisotopic (exact) mass is 314 g/mol. The minimum atomic E-state index is 0.248. The van der Waals surface area contributed by atoms with E-state index in [0.717, 1.165) is 24.1 Å². The smallest absolute Gasteiger partial charge is 0.129 e. The fraction of sp³-hybridized carbons (Fsp3) is 0.571. The van der Waals surface area contributed by atoms with Gasteiger partial charge in [-0.25, -0.2) is 0 Å². The van der Waals surface area contributed by atoms with Gasteiger partial charge in [-0.15, -0.1) is 0 Å². The maximum absolute atomic E-state index is 9.42. The Bertz CT molecular complexity index is 391. The summed E-state index contributed by atoms with van der Waals surface area (Å²) in [5.74, 6) is 0.284. The molecule has 2 N–H and O–H groups in total. The van der Waals surface area contributed by atoms with Crippen LogP contribution in [0.4, 0.5) is 0 Å². The summed E-state index contributed by atoms with van der Waals surface area (Å²) in [6, 6.07) is 5.60. The van der Waals surface area contributed by atoms with Crippen molar-refractivity contribution in [1.29, 1.82) is 0 Å². The van der Waals surface area contributed by atoms with Crippen molar-refractivity contribution in [2.75, 3.05) is 27.2 Å². The Hall–Kier alpha value is -0.580. The molecule has 0 saturated carbocycles. The Morgan fingerprint density at radius 2 is 2.00 bits per heavy atom.